The number of carbonyl (C=O) groups is 3. The second-order valence-corrected chi connectivity index (χ2v) is 6.20. The highest BCUT2D eigenvalue weighted by molar-refractivity contribution is 6.06. The fourth-order valence-electron chi connectivity index (χ4n) is 2.70. The van der Waals surface area contributed by atoms with Crippen LogP contribution < -0.4 is 5.32 Å². The third kappa shape index (κ3) is 4.81. The fourth-order valence-corrected chi connectivity index (χ4v) is 2.70. The lowest BCUT2D eigenvalue weighted by Gasteiger charge is -2.29. The van der Waals surface area contributed by atoms with Crippen molar-refractivity contribution in [3.8, 4) is 0 Å². The van der Waals surface area contributed by atoms with Crippen LogP contribution in [-0.4, -0.2) is 41.8 Å². The molecule has 130 valence electrons. The van der Waals surface area contributed by atoms with Gasteiger partial charge in [-0.05, 0) is 18.8 Å². The van der Waals surface area contributed by atoms with Gasteiger partial charge >= 0.3 is 0 Å². The van der Waals surface area contributed by atoms with E-state index in [1.54, 1.807) is 6.92 Å². The largest absolute Gasteiger partial charge is 0.499 e. The molecule has 0 aromatic rings. The minimum absolute atomic E-state index is 0.191. The lowest BCUT2D eigenvalue weighted by Crippen LogP contribution is -2.52. The van der Waals surface area contributed by atoms with Gasteiger partial charge in [0.15, 0.2) is 0 Å². The van der Waals surface area contributed by atoms with E-state index in [0.717, 1.165) is 6.42 Å². The molecule has 1 heterocycles. The lowest BCUT2D eigenvalue weighted by molar-refractivity contribution is -0.146. The molecular weight excluding hydrogens is 296 g/mol. The summed E-state index contributed by atoms with van der Waals surface area (Å²) in [7, 11) is 1.50. The van der Waals surface area contributed by atoms with E-state index >= 15 is 0 Å². The van der Waals surface area contributed by atoms with Crippen molar-refractivity contribution in [3.05, 3.63) is 11.8 Å². The summed E-state index contributed by atoms with van der Waals surface area (Å²) in [5.41, 5.74) is 0. The van der Waals surface area contributed by atoms with Gasteiger partial charge in [-0.3, -0.25) is 19.3 Å². The second kappa shape index (κ2) is 8.70. The Morgan fingerprint density at radius 3 is 2.48 bits per heavy atom. The van der Waals surface area contributed by atoms with Crippen LogP contribution in [0, 0.1) is 5.92 Å². The molecule has 3 amide bonds. The summed E-state index contributed by atoms with van der Waals surface area (Å²) >= 11 is 0. The van der Waals surface area contributed by atoms with Gasteiger partial charge in [-0.1, -0.05) is 34.1 Å². The Bertz CT molecular complexity index is 485. The summed E-state index contributed by atoms with van der Waals surface area (Å²) in [4.78, 5) is 38.0. The van der Waals surface area contributed by atoms with Crippen LogP contribution in [0.2, 0.25) is 0 Å². The smallest absolute Gasteiger partial charge is 0.257 e. The number of carbonyl (C=O) groups excluding carboxylic acids is 3. The van der Waals surface area contributed by atoms with E-state index in [-0.39, 0.29) is 17.7 Å². The van der Waals surface area contributed by atoms with Gasteiger partial charge in [-0.15, -0.1) is 0 Å². The summed E-state index contributed by atoms with van der Waals surface area (Å²) in [6.07, 6.45) is 3.55. The molecule has 0 aliphatic carbocycles. The van der Waals surface area contributed by atoms with Gasteiger partial charge in [0, 0.05) is 12.5 Å². The summed E-state index contributed by atoms with van der Waals surface area (Å²) in [5.74, 6) is -0.107. The van der Waals surface area contributed by atoms with Crippen LogP contribution in [0.5, 0.6) is 0 Å². The van der Waals surface area contributed by atoms with Gasteiger partial charge in [0.25, 0.3) is 11.8 Å². The van der Waals surface area contributed by atoms with Crippen LogP contribution in [0.1, 0.15) is 53.4 Å². The molecule has 0 saturated heterocycles. The van der Waals surface area contributed by atoms with Crippen LogP contribution in [-0.2, 0) is 19.1 Å². The number of rotatable bonds is 8. The summed E-state index contributed by atoms with van der Waals surface area (Å²) in [6, 6.07) is -1.06. The maximum atomic E-state index is 12.9. The summed E-state index contributed by atoms with van der Waals surface area (Å²) in [6.45, 7) is 7.73. The number of amides is 3. The third-order valence-corrected chi connectivity index (χ3v) is 3.84. The SMILES string of the molecule is CCC[C@@H](NC(=O)CC)C(=O)N1C(=O)C=C(OC)[C@H]1CC(C)C. The molecule has 0 aromatic heterocycles. The molecule has 0 bridgehead atoms. The highest BCUT2D eigenvalue weighted by atomic mass is 16.5. The van der Waals surface area contributed by atoms with Crippen LogP contribution in [0.3, 0.4) is 0 Å². The lowest BCUT2D eigenvalue weighted by atomic mass is 10.0. The van der Waals surface area contributed by atoms with Crippen LogP contribution >= 0.6 is 0 Å². The van der Waals surface area contributed by atoms with Crippen molar-refractivity contribution in [2.24, 2.45) is 5.92 Å². The zero-order chi connectivity index (χ0) is 17.6. The minimum atomic E-state index is -0.671. The molecule has 0 radical (unpaired) electrons. The van der Waals surface area contributed by atoms with Crippen molar-refractivity contribution >= 4 is 17.7 Å². The maximum Gasteiger partial charge on any atom is 0.257 e. The monoisotopic (exact) mass is 324 g/mol. The molecule has 0 fully saturated rings. The first-order valence-electron chi connectivity index (χ1n) is 8.27. The molecular formula is C17H28N2O4. The van der Waals surface area contributed by atoms with Crippen molar-refractivity contribution < 1.29 is 19.1 Å². The second-order valence-electron chi connectivity index (χ2n) is 6.20. The Kier molecular flexibility index (Phi) is 7.26. The van der Waals surface area contributed by atoms with Gasteiger partial charge in [0.1, 0.15) is 11.8 Å². The van der Waals surface area contributed by atoms with E-state index in [4.69, 9.17) is 4.74 Å². The van der Waals surface area contributed by atoms with Crippen molar-refractivity contribution in [2.45, 2.75) is 65.5 Å². The first kappa shape index (κ1) is 19.2. The van der Waals surface area contributed by atoms with Crippen molar-refractivity contribution in [1.29, 1.82) is 0 Å². The predicted molar refractivity (Wildman–Crippen MR) is 87.3 cm³/mol. The molecule has 1 aliphatic rings. The Labute approximate surface area is 138 Å². The highest BCUT2D eigenvalue weighted by Gasteiger charge is 2.41. The molecule has 0 saturated carbocycles. The average Bonchev–Trinajstić information content (AvgIpc) is 2.80. The summed E-state index contributed by atoms with van der Waals surface area (Å²) in [5, 5.41) is 2.73. The Hall–Kier alpha value is -1.85. The van der Waals surface area contributed by atoms with Gasteiger partial charge in [0.05, 0.1) is 13.2 Å². The minimum Gasteiger partial charge on any atom is -0.499 e. The molecule has 6 nitrogen and oxygen atoms in total. The Balaban J connectivity index is 3.00. The van der Waals surface area contributed by atoms with Crippen molar-refractivity contribution in [3.63, 3.8) is 0 Å². The normalized spacial score (nSPS) is 18.9. The van der Waals surface area contributed by atoms with Crippen LogP contribution in [0.25, 0.3) is 0 Å². The van der Waals surface area contributed by atoms with E-state index in [9.17, 15) is 14.4 Å². The van der Waals surface area contributed by atoms with Crippen LogP contribution in [0.4, 0.5) is 0 Å². The van der Waals surface area contributed by atoms with Gasteiger partial charge in [-0.25, -0.2) is 0 Å². The molecule has 1 rings (SSSR count). The quantitative estimate of drug-likeness (QED) is 0.741. The van der Waals surface area contributed by atoms with E-state index in [1.165, 1.54) is 18.1 Å². The average molecular weight is 324 g/mol. The predicted octanol–water partition coefficient (Wildman–Crippen LogP) is 2.00. The topological polar surface area (TPSA) is 75.7 Å². The number of hydrogen-bond donors (Lipinski definition) is 1. The van der Waals surface area contributed by atoms with Gasteiger partial charge in [-0.2, -0.15) is 0 Å². The summed E-state index contributed by atoms with van der Waals surface area (Å²) < 4.78 is 5.28. The van der Waals surface area contributed by atoms with E-state index in [0.29, 0.717) is 30.9 Å². The maximum absolute atomic E-state index is 12.9. The number of imide groups is 1. The molecule has 0 unspecified atom stereocenters. The third-order valence-electron chi connectivity index (χ3n) is 3.84. The first-order valence-corrected chi connectivity index (χ1v) is 8.27. The highest BCUT2D eigenvalue weighted by Crippen LogP contribution is 2.27. The van der Waals surface area contributed by atoms with Crippen LogP contribution in [0.15, 0.2) is 11.8 Å². The molecule has 1 aliphatic heterocycles. The molecule has 0 aromatic carbocycles. The van der Waals surface area contributed by atoms with Gasteiger partial charge < -0.3 is 10.1 Å². The number of ether oxygens (including phenoxy) is 1. The Morgan fingerprint density at radius 2 is 2.00 bits per heavy atom. The van der Waals surface area contributed by atoms with E-state index < -0.39 is 12.1 Å². The first-order chi connectivity index (χ1) is 10.8. The van der Waals surface area contributed by atoms with Gasteiger partial charge in [0.2, 0.25) is 5.91 Å². The molecule has 0 spiro atoms. The number of nitrogens with zero attached hydrogens (tertiary/aromatic N) is 1. The van der Waals surface area contributed by atoms with E-state index in [1.807, 2.05) is 20.8 Å². The molecule has 6 heteroatoms. The van der Waals surface area contributed by atoms with Crippen molar-refractivity contribution in [1.82, 2.24) is 10.2 Å². The molecule has 2 atom stereocenters. The molecule has 23 heavy (non-hydrogen) atoms. The zero-order valence-electron chi connectivity index (χ0n) is 14.7. The standard InChI is InChI=1S/C17H28N2O4/c1-6-8-12(18-15(20)7-2)17(22)19-13(9-11(3)4)14(23-5)10-16(19)21/h10-13H,6-9H2,1-5H3,(H,18,20)/t12-,13-/m1/s1. The number of methoxy groups -OCH3 is 1. The fraction of sp³-hybridized carbons (Fsp3) is 0.706. The van der Waals surface area contributed by atoms with Crippen molar-refractivity contribution in [2.75, 3.05) is 7.11 Å². The molecule has 1 N–H and O–H groups in total. The zero-order valence-corrected chi connectivity index (χ0v) is 14.7. The Morgan fingerprint density at radius 1 is 1.35 bits per heavy atom. The van der Waals surface area contributed by atoms with E-state index in [2.05, 4.69) is 5.32 Å². The number of hydrogen-bond acceptors (Lipinski definition) is 4. The number of nitrogens with one attached hydrogen (secondary N) is 1.